The molecule has 0 bridgehead atoms. The molecule has 0 radical (unpaired) electrons. The van der Waals surface area contributed by atoms with Crippen molar-refractivity contribution in [2.24, 2.45) is 34.6 Å². The highest BCUT2D eigenvalue weighted by atomic mass is 16.6. The highest BCUT2D eigenvalue weighted by molar-refractivity contribution is 5.93. The largest absolute Gasteiger partial charge is 0.486 e. The first-order valence-corrected chi connectivity index (χ1v) is 12.6. The predicted molar refractivity (Wildman–Crippen MR) is 128 cm³/mol. The molecule has 0 aromatic heterocycles. The van der Waals surface area contributed by atoms with Gasteiger partial charge in [-0.15, -0.1) is 0 Å². The van der Waals surface area contributed by atoms with E-state index >= 15 is 0 Å². The highest BCUT2D eigenvalue weighted by Gasteiger charge is 2.34. The van der Waals surface area contributed by atoms with Gasteiger partial charge in [0.25, 0.3) is 0 Å². The SMILES string of the molecule is CCOC(=O)COC1=CC(C)C(CCCCC(NC=O)/C(=N\C)C2CCCC2)C(C)C1C. The topological polar surface area (TPSA) is 77.0 Å². The minimum absolute atomic E-state index is 0.0124. The minimum atomic E-state index is -0.311. The number of rotatable bonds is 13. The van der Waals surface area contributed by atoms with E-state index in [9.17, 15) is 9.59 Å². The maximum absolute atomic E-state index is 11.6. The third kappa shape index (κ3) is 7.35. The van der Waals surface area contributed by atoms with Gasteiger partial charge in [0.15, 0.2) is 6.61 Å². The molecule has 6 nitrogen and oxygen atoms in total. The first-order valence-electron chi connectivity index (χ1n) is 12.6. The van der Waals surface area contributed by atoms with Crippen LogP contribution in [0.25, 0.3) is 0 Å². The first-order chi connectivity index (χ1) is 15.4. The van der Waals surface area contributed by atoms with Crippen molar-refractivity contribution in [3.05, 3.63) is 11.8 Å². The van der Waals surface area contributed by atoms with E-state index in [4.69, 9.17) is 9.47 Å². The second kappa shape index (κ2) is 13.6. The summed E-state index contributed by atoms with van der Waals surface area (Å²) >= 11 is 0. The second-order valence-electron chi connectivity index (χ2n) is 9.58. The summed E-state index contributed by atoms with van der Waals surface area (Å²) in [7, 11) is 1.87. The molecule has 1 saturated carbocycles. The Labute approximate surface area is 194 Å². The number of allylic oxidation sites excluding steroid dienone is 2. The summed E-state index contributed by atoms with van der Waals surface area (Å²) in [6.45, 7) is 8.90. The number of aliphatic imine (C=N–C) groups is 1. The lowest BCUT2D eigenvalue weighted by Crippen LogP contribution is -2.39. The van der Waals surface area contributed by atoms with Gasteiger partial charge in [-0.1, -0.05) is 46.5 Å². The zero-order valence-corrected chi connectivity index (χ0v) is 20.8. The summed E-state index contributed by atoms with van der Waals surface area (Å²) in [6, 6.07) is 0.0727. The van der Waals surface area contributed by atoms with Crippen molar-refractivity contribution in [3.63, 3.8) is 0 Å². The van der Waals surface area contributed by atoms with Gasteiger partial charge >= 0.3 is 5.97 Å². The number of amides is 1. The van der Waals surface area contributed by atoms with Gasteiger partial charge in [0.1, 0.15) is 0 Å². The summed E-state index contributed by atoms with van der Waals surface area (Å²) in [6.07, 6.45) is 12.3. The molecule has 0 aromatic rings. The van der Waals surface area contributed by atoms with Gasteiger partial charge < -0.3 is 14.8 Å². The average Bonchev–Trinajstić information content (AvgIpc) is 3.30. The summed E-state index contributed by atoms with van der Waals surface area (Å²) in [5.41, 5.74) is 1.19. The molecule has 1 amide bonds. The maximum Gasteiger partial charge on any atom is 0.344 e. The number of unbranched alkanes of at least 4 members (excludes halogenated alkanes) is 1. The molecule has 0 heterocycles. The van der Waals surface area contributed by atoms with Crippen molar-refractivity contribution < 1.29 is 19.1 Å². The lowest BCUT2D eigenvalue weighted by atomic mass is 9.69. The van der Waals surface area contributed by atoms with Crippen LogP contribution in [0.5, 0.6) is 0 Å². The number of hydrogen-bond acceptors (Lipinski definition) is 5. The van der Waals surface area contributed by atoms with Crippen LogP contribution in [-0.4, -0.2) is 44.4 Å². The van der Waals surface area contributed by atoms with Crippen molar-refractivity contribution in [1.82, 2.24) is 5.32 Å². The fourth-order valence-electron chi connectivity index (χ4n) is 5.67. The Balaban J connectivity index is 1.85. The van der Waals surface area contributed by atoms with Gasteiger partial charge in [-0.25, -0.2) is 4.79 Å². The molecule has 2 aliphatic carbocycles. The number of carbonyl (C=O) groups is 2. The quantitative estimate of drug-likeness (QED) is 0.188. The molecule has 2 rings (SSSR count). The maximum atomic E-state index is 11.6. The lowest BCUT2D eigenvalue weighted by Gasteiger charge is -2.38. The summed E-state index contributed by atoms with van der Waals surface area (Å²) < 4.78 is 10.8. The molecule has 0 aliphatic heterocycles. The molecule has 0 spiro atoms. The molecule has 1 N–H and O–H groups in total. The minimum Gasteiger partial charge on any atom is -0.486 e. The van der Waals surface area contributed by atoms with Crippen LogP contribution in [0.15, 0.2) is 16.8 Å². The first kappa shape index (κ1) is 26.4. The molecule has 0 saturated heterocycles. The molecule has 6 heteroatoms. The van der Waals surface area contributed by atoms with Crippen LogP contribution in [0.1, 0.15) is 79.1 Å². The van der Waals surface area contributed by atoms with E-state index in [0.29, 0.717) is 30.3 Å². The predicted octanol–water partition coefficient (Wildman–Crippen LogP) is 4.92. The van der Waals surface area contributed by atoms with E-state index < -0.39 is 0 Å². The molecule has 2 aliphatic rings. The van der Waals surface area contributed by atoms with Crippen LogP contribution in [0, 0.1) is 29.6 Å². The number of carbonyl (C=O) groups excluding carboxylic acids is 2. The standard InChI is InChI=1S/C26H44N2O4/c1-6-31-25(30)16-32-24-15-18(2)22(19(3)20(24)4)13-9-10-14-23(28-17-29)26(27-5)21-11-7-8-12-21/h15,17-23H,6-14,16H2,1-5H3,(H,28,29)/b27-26-. The molecular weight excluding hydrogens is 404 g/mol. The molecular formula is C26H44N2O4. The summed E-state index contributed by atoms with van der Waals surface area (Å²) in [5, 5.41) is 3.04. The van der Waals surface area contributed by atoms with Crippen LogP contribution < -0.4 is 5.32 Å². The van der Waals surface area contributed by atoms with Crippen LogP contribution in [0.4, 0.5) is 0 Å². The summed E-state index contributed by atoms with van der Waals surface area (Å²) in [5.74, 6) is 2.92. The third-order valence-electron chi connectivity index (χ3n) is 7.62. The fourth-order valence-corrected chi connectivity index (χ4v) is 5.67. The van der Waals surface area contributed by atoms with E-state index in [1.165, 1.54) is 31.4 Å². The van der Waals surface area contributed by atoms with Gasteiger partial charge in [-0.05, 0) is 62.4 Å². The van der Waals surface area contributed by atoms with Crippen molar-refractivity contribution in [2.75, 3.05) is 20.3 Å². The Morgan fingerprint density at radius 2 is 1.97 bits per heavy atom. The van der Waals surface area contributed by atoms with Crippen LogP contribution in [0.2, 0.25) is 0 Å². The van der Waals surface area contributed by atoms with Crippen LogP contribution in [-0.2, 0) is 19.1 Å². The molecule has 0 aromatic carbocycles. The van der Waals surface area contributed by atoms with Gasteiger partial charge in [0.05, 0.1) is 18.4 Å². The Morgan fingerprint density at radius 3 is 2.59 bits per heavy atom. The number of hydrogen-bond donors (Lipinski definition) is 1. The second-order valence-corrected chi connectivity index (χ2v) is 9.58. The molecule has 182 valence electrons. The Hall–Kier alpha value is -1.85. The van der Waals surface area contributed by atoms with Gasteiger partial charge in [0, 0.05) is 18.7 Å². The van der Waals surface area contributed by atoms with E-state index in [1.807, 2.05) is 7.05 Å². The number of esters is 1. The monoisotopic (exact) mass is 448 g/mol. The number of ether oxygens (including phenoxy) is 2. The van der Waals surface area contributed by atoms with E-state index in [0.717, 1.165) is 37.9 Å². The van der Waals surface area contributed by atoms with Gasteiger partial charge in [0.2, 0.25) is 6.41 Å². The lowest BCUT2D eigenvalue weighted by molar-refractivity contribution is -0.147. The van der Waals surface area contributed by atoms with E-state index in [1.54, 1.807) is 6.92 Å². The summed E-state index contributed by atoms with van der Waals surface area (Å²) in [4.78, 5) is 27.4. The number of nitrogens with one attached hydrogen (secondary N) is 1. The van der Waals surface area contributed by atoms with E-state index in [-0.39, 0.29) is 24.5 Å². The van der Waals surface area contributed by atoms with Crippen molar-refractivity contribution in [2.45, 2.75) is 85.1 Å². The van der Waals surface area contributed by atoms with E-state index in [2.05, 4.69) is 37.2 Å². The van der Waals surface area contributed by atoms with Crippen molar-refractivity contribution in [3.8, 4) is 0 Å². The van der Waals surface area contributed by atoms with Gasteiger partial charge in [-0.2, -0.15) is 0 Å². The van der Waals surface area contributed by atoms with Crippen molar-refractivity contribution in [1.29, 1.82) is 0 Å². The van der Waals surface area contributed by atoms with Crippen molar-refractivity contribution >= 4 is 18.1 Å². The fraction of sp³-hybridized carbons (Fsp3) is 0.808. The molecule has 5 atom stereocenters. The third-order valence-corrected chi connectivity index (χ3v) is 7.62. The Bertz CT molecular complexity index is 654. The van der Waals surface area contributed by atoms with Crippen LogP contribution in [0.3, 0.4) is 0 Å². The number of nitrogens with zero attached hydrogens (tertiary/aromatic N) is 1. The molecule has 1 fully saturated rings. The highest BCUT2D eigenvalue weighted by Crippen LogP contribution is 2.41. The normalized spacial score (nSPS) is 27.5. The zero-order valence-electron chi connectivity index (χ0n) is 20.8. The Morgan fingerprint density at radius 1 is 1.25 bits per heavy atom. The zero-order chi connectivity index (χ0) is 23.5. The molecule has 32 heavy (non-hydrogen) atoms. The van der Waals surface area contributed by atoms with Crippen LogP contribution >= 0.6 is 0 Å². The smallest absolute Gasteiger partial charge is 0.344 e. The average molecular weight is 449 g/mol. The molecule has 5 unspecified atom stereocenters. The van der Waals surface area contributed by atoms with Gasteiger partial charge in [-0.3, -0.25) is 9.79 Å². The Kier molecular flexibility index (Phi) is 11.3.